The molecule has 1 atom stereocenters. The molecule has 0 bridgehead atoms. The summed E-state index contributed by atoms with van der Waals surface area (Å²) in [7, 11) is 0. The van der Waals surface area contributed by atoms with Crippen LogP contribution < -0.4 is 0 Å². The zero-order valence-electron chi connectivity index (χ0n) is 5.89. The average Bonchev–Trinajstić information content (AvgIpc) is 1.87. The van der Waals surface area contributed by atoms with Crippen molar-refractivity contribution in [3.8, 4) is 0 Å². The van der Waals surface area contributed by atoms with Crippen molar-refractivity contribution in [3.05, 3.63) is 19.6 Å². The maximum absolute atomic E-state index is 10.5. The van der Waals surface area contributed by atoms with Gasteiger partial charge in [0.15, 0.2) is 0 Å². The molecule has 0 amide bonds. The van der Waals surface area contributed by atoms with Crippen molar-refractivity contribution in [1.82, 2.24) is 0 Å². The van der Waals surface area contributed by atoms with Crippen molar-refractivity contribution in [2.24, 2.45) is 0 Å². The predicted octanol–water partition coefficient (Wildman–Crippen LogP) is 1.55. The first kappa shape index (κ1) is 9.50. The first-order valence-electron chi connectivity index (χ1n) is 2.78. The van der Waals surface area contributed by atoms with Gasteiger partial charge in [0.05, 0.1) is 5.88 Å². The van der Waals surface area contributed by atoms with Crippen LogP contribution in [0, 0.1) is 6.92 Å². The zero-order chi connectivity index (χ0) is 8.20. The lowest BCUT2D eigenvalue weighted by Gasteiger charge is -2.20. The smallest absolute Gasteiger partial charge is 0.330 e. The van der Waals surface area contributed by atoms with Crippen molar-refractivity contribution in [3.63, 3.8) is 0 Å². The molecule has 3 heteroatoms. The van der Waals surface area contributed by atoms with E-state index >= 15 is 0 Å². The van der Waals surface area contributed by atoms with Crippen molar-refractivity contribution in [2.75, 3.05) is 5.88 Å². The number of halogens is 1. The van der Waals surface area contributed by atoms with Crippen LogP contribution in [0.25, 0.3) is 0 Å². The van der Waals surface area contributed by atoms with Gasteiger partial charge in [-0.05, 0) is 13.8 Å². The summed E-state index contributed by atoms with van der Waals surface area (Å²) < 4.78 is 4.74. The fourth-order valence-electron chi connectivity index (χ4n) is 0.312. The van der Waals surface area contributed by atoms with Gasteiger partial charge < -0.3 is 4.74 Å². The van der Waals surface area contributed by atoms with Crippen molar-refractivity contribution in [1.29, 1.82) is 0 Å². The van der Waals surface area contributed by atoms with Gasteiger partial charge in [-0.2, -0.15) is 0 Å². The van der Waals surface area contributed by atoms with E-state index in [9.17, 15) is 4.79 Å². The first-order chi connectivity index (χ1) is 4.52. The molecule has 0 saturated carbocycles. The van der Waals surface area contributed by atoms with Gasteiger partial charge in [-0.15, -0.1) is 11.6 Å². The summed E-state index contributed by atoms with van der Waals surface area (Å²) in [6.07, 6.45) is 1.08. The summed E-state index contributed by atoms with van der Waals surface area (Å²) in [6, 6.07) is 0. The Bertz CT molecular complexity index is 141. The van der Waals surface area contributed by atoms with Gasteiger partial charge in [-0.1, -0.05) is 6.58 Å². The van der Waals surface area contributed by atoms with Gasteiger partial charge in [0.2, 0.25) is 0 Å². The van der Waals surface area contributed by atoms with Crippen molar-refractivity contribution in [2.45, 2.75) is 12.5 Å². The number of hydrogen-bond acceptors (Lipinski definition) is 2. The number of esters is 1. The van der Waals surface area contributed by atoms with Crippen LogP contribution in [0.3, 0.4) is 0 Å². The van der Waals surface area contributed by atoms with Crippen LogP contribution in [0.4, 0.5) is 0 Å². The monoisotopic (exact) mass is 161 g/mol. The molecule has 0 aliphatic heterocycles. The fraction of sp³-hybridized carbons (Fsp3) is 0.429. The maximum Gasteiger partial charge on any atom is 0.330 e. The Morgan fingerprint density at radius 2 is 2.40 bits per heavy atom. The van der Waals surface area contributed by atoms with Crippen LogP contribution in [0.2, 0.25) is 0 Å². The second kappa shape index (κ2) is 3.62. The number of alkyl halides is 1. The Hall–Kier alpha value is -0.500. The third-order valence-electron chi connectivity index (χ3n) is 0.796. The van der Waals surface area contributed by atoms with Gasteiger partial charge in [0.1, 0.15) is 5.60 Å². The predicted molar refractivity (Wildman–Crippen MR) is 40.8 cm³/mol. The second-order valence-corrected chi connectivity index (χ2v) is 2.48. The first-order valence-corrected chi connectivity index (χ1v) is 3.32. The van der Waals surface area contributed by atoms with E-state index in [-0.39, 0.29) is 5.88 Å². The quantitative estimate of drug-likeness (QED) is 0.357. The summed E-state index contributed by atoms with van der Waals surface area (Å²) in [6.45, 7) is 8.41. The molecule has 0 aromatic carbocycles. The SMILES string of the molecule is [CH2]C(C)(CCl)OC(=O)C=C. The van der Waals surface area contributed by atoms with Crippen molar-refractivity contribution >= 4 is 17.6 Å². The lowest BCUT2D eigenvalue weighted by molar-refractivity contribution is -0.146. The largest absolute Gasteiger partial charge is 0.455 e. The van der Waals surface area contributed by atoms with E-state index in [0.29, 0.717) is 0 Å². The Morgan fingerprint density at radius 1 is 1.90 bits per heavy atom. The normalized spacial score (nSPS) is 10.7. The number of ether oxygens (including phenoxy) is 1. The highest BCUT2D eigenvalue weighted by Gasteiger charge is 2.19. The van der Waals surface area contributed by atoms with E-state index in [0.717, 1.165) is 6.08 Å². The highest BCUT2D eigenvalue weighted by Crippen LogP contribution is 2.10. The summed E-state index contributed by atoms with van der Waals surface area (Å²) in [5.74, 6) is -0.329. The van der Waals surface area contributed by atoms with Gasteiger partial charge >= 0.3 is 5.97 Å². The topological polar surface area (TPSA) is 26.3 Å². The lowest BCUT2D eigenvalue weighted by Crippen LogP contribution is -2.29. The van der Waals surface area contributed by atoms with Gasteiger partial charge in [0.25, 0.3) is 0 Å². The molecule has 0 N–H and O–H groups in total. The Labute approximate surface area is 65.8 Å². The molecule has 1 unspecified atom stereocenters. The van der Waals surface area contributed by atoms with Crippen LogP contribution in [0.1, 0.15) is 6.92 Å². The van der Waals surface area contributed by atoms with E-state index in [1.165, 1.54) is 0 Å². The molecule has 0 spiro atoms. The summed E-state index contributed by atoms with van der Waals surface area (Å²) in [5, 5.41) is 0. The Morgan fingerprint density at radius 3 is 2.70 bits per heavy atom. The van der Waals surface area contributed by atoms with E-state index in [2.05, 4.69) is 13.5 Å². The maximum atomic E-state index is 10.5. The minimum absolute atomic E-state index is 0.173. The molecule has 0 heterocycles. The molecule has 0 aliphatic carbocycles. The number of hydrogen-bond donors (Lipinski definition) is 0. The third kappa shape index (κ3) is 3.51. The van der Waals surface area contributed by atoms with Gasteiger partial charge in [-0.3, -0.25) is 0 Å². The van der Waals surface area contributed by atoms with Crippen molar-refractivity contribution < 1.29 is 9.53 Å². The van der Waals surface area contributed by atoms with Gasteiger partial charge in [-0.25, -0.2) is 4.79 Å². The molecule has 0 rings (SSSR count). The molecule has 0 fully saturated rings. The molecule has 10 heavy (non-hydrogen) atoms. The Balaban J connectivity index is 3.87. The number of rotatable bonds is 3. The highest BCUT2D eigenvalue weighted by molar-refractivity contribution is 6.18. The molecule has 0 saturated heterocycles. The number of carbonyl (C=O) groups is 1. The molecule has 0 aromatic heterocycles. The van der Waals surface area contributed by atoms with Crippen LogP contribution in [0.15, 0.2) is 12.7 Å². The van der Waals surface area contributed by atoms with E-state index in [1.807, 2.05) is 0 Å². The van der Waals surface area contributed by atoms with Gasteiger partial charge in [0, 0.05) is 6.08 Å². The van der Waals surface area contributed by atoms with Crippen LogP contribution in [-0.4, -0.2) is 17.5 Å². The van der Waals surface area contributed by atoms with E-state index < -0.39 is 11.6 Å². The molecule has 0 aliphatic rings. The third-order valence-corrected chi connectivity index (χ3v) is 1.36. The minimum atomic E-state index is -0.840. The second-order valence-electron chi connectivity index (χ2n) is 2.21. The van der Waals surface area contributed by atoms with Crippen LogP contribution >= 0.6 is 11.6 Å². The molecule has 1 radical (unpaired) electrons. The molecule has 0 aromatic rings. The highest BCUT2D eigenvalue weighted by atomic mass is 35.5. The zero-order valence-corrected chi connectivity index (χ0v) is 6.65. The number of carbonyl (C=O) groups excluding carboxylic acids is 1. The fourth-order valence-corrected chi connectivity index (χ4v) is 0.366. The summed E-state index contributed by atoms with van der Waals surface area (Å²) >= 11 is 5.42. The molecular weight excluding hydrogens is 152 g/mol. The van der Waals surface area contributed by atoms with E-state index in [1.54, 1.807) is 6.92 Å². The molecule has 2 nitrogen and oxygen atoms in total. The minimum Gasteiger partial charge on any atom is -0.455 e. The molecule has 57 valence electrons. The van der Waals surface area contributed by atoms with E-state index in [4.69, 9.17) is 16.3 Å². The lowest BCUT2D eigenvalue weighted by atomic mass is 10.2. The standard InChI is InChI=1S/C7H10ClO2/c1-4-6(9)10-7(2,3)5-8/h4H,1-2,5H2,3H3. The van der Waals surface area contributed by atoms with Crippen LogP contribution in [-0.2, 0) is 9.53 Å². The summed E-state index contributed by atoms with van der Waals surface area (Å²) in [4.78, 5) is 10.5. The average molecular weight is 162 g/mol. The Kier molecular flexibility index (Phi) is 3.43. The summed E-state index contributed by atoms with van der Waals surface area (Å²) in [5.41, 5.74) is -0.840. The molecular formula is C7H10ClO2. The van der Waals surface area contributed by atoms with Crippen LogP contribution in [0.5, 0.6) is 0 Å².